The van der Waals surface area contributed by atoms with Gasteiger partial charge in [-0.25, -0.2) is 15.0 Å². The number of thiophene rings is 1. The molecule has 3 aromatic heterocycles. The van der Waals surface area contributed by atoms with Crippen molar-refractivity contribution in [1.29, 1.82) is 0 Å². The molecule has 0 aliphatic carbocycles. The lowest BCUT2D eigenvalue weighted by Crippen LogP contribution is -2.00. The molecule has 50 heavy (non-hydrogen) atoms. The van der Waals surface area contributed by atoms with Gasteiger partial charge in [0.05, 0.1) is 0 Å². The Bertz CT molecular complexity index is 2820. The van der Waals surface area contributed by atoms with Gasteiger partial charge in [-0.2, -0.15) is 0 Å². The fourth-order valence-corrected chi connectivity index (χ4v) is 7.99. The second-order valence-corrected chi connectivity index (χ2v) is 13.5. The maximum atomic E-state index is 6.46. The minimum absolute atomic E-state index is 0.602. The highest BCUT2D eigenvalue weighted by Crippen LogP contribution is 2.40. The maximum Gasteiger partial charge on any atom is 0.164 e. The first-order valence-corrected chi connectivity index (χ1v) is 17.4. The summed E-state index contributed by atoms with van der Waals surface area (Å²) in [6, 6.07) is 57.0. The Kier molecular flexibility index (Phi) is 6.64. The first-order chi connectivity index (χ1) is 24.7. The predicted octanol–water partition coefficient (Wildman–Crippen LogP) is 12.5. The SMILES string of the molecule is c1ccc(-c2nc(-c3ccccc3)nc(-c3ccc4c(c3)oc3ccc(-c5ccccc5-c5ccc6sc7ccccc7c6c5)cc34)n2)cc1. The monoisotopic (exact) mass is 657 g/mol. The average Bonchev–Trinajstić information content (AvgIpc) is 3.75. The van der Waals surface area contributed by atoms with Crippen LogP contribution in [0.4, 0.5) is 0 Å². The van der Waals surface area contributed by atoms with Crippen molar-refractivity contribution in [3.63, 3.8) is 0 Å². The lowest BCUT2D eigenvalue weighted by Gasteiger charge is -2.11. The van der Waals surface area contributed by atoms with E-state index in [9.17, 15) is 0 Å². The van der Waals surface area contributed by atoms with Crippen molar-refractivity contribution in [2.24, 2.45) is 0 Å². The number of rotatable bonds is 5. The number of nitrogens with zero attached hydrogens (tertiary/aromatic N) is 3. The Balaban J connectivity index is 1.07. The first kappa shape index (κ1) is 28.6. The van der Waals surface area contributed by atoms with E-state index < -0.39 is 0 Å². The van der Waals surface area contributed by atoms with Gasteiger partial charge in [0.1, 0.15) is 11.2 Å². The molecule has 0 saturated carbocycles. The summed E-state index contributed by atoms with van der Waals surface area (Å²) >= 11 is 1.85. The fraction of sp³-hybridized carbons (Fsp3) is 0. The molecule has 4 nitrogen and oxygen atoms in total. The van der Waals surface area contributed by atoms with Gasteiger partial charge in [0, 0.05) is 47.6 Å². The quantitative estimate of drug-likeness (QED) is 0.185. The highest BCUT2D eigenvalue weighted by atomic mass is 32.1. The van der Waals surface area contributed by atoms with Gasteiger partial charge in [0.15, 0.2) is 17.5 Å². The average molecular weight is 658 g/mol. The van der Waals surface area contributed by atoms with Crippen LogP contribution < -0.4 is 0 Å². The smallest absolute Gasteiger partial charge is 0.164 e. The van der Waals surface area contributed by atoms with Crippen LogP contribution >= 0.6 is 11.3 Å². The summed E-state index contributed by atoms with van der Waals surface area (Å²) in [7, 11) is 0. The second-order valence-electron chi connectivity index (χ2n) is 12.4. The topological polar surface area (TPSA) is 51.8 Å². The summed E-state index contributed by atoms with van der Waals surface area (Å²) in [5.41, 5.74) is 9.13. The molecular formula is C45H27N3OS. The summed E-state index contributed by atoms with van der Waals surface area (Å²) in [6.07, 6.45) is 0. The minimum atomic E-state index is 0.602. The summed E-state index contributed by atoms with van der Waals surface area (Å²) < 4.78 is 9.09. The first-order valence-electron chi connectivity index (χ1n) is 16.6. The molecule has 5 heteroatoms. The van der Waals surface area contributed by atoms with Crippen LogP contribution in [0.25, 0.3) is 98.5 Å². The van der Waals surface area contributed by atoms with Gasteiger partial charge in [-0.1, -0.05) is 121 Å². The van der Waals surface area contributed by atoms with Crippen LogP contribution in [0.1, 0.15) is 0 Å². The van der Waals surface area contributed by atoms with E-state index in [0.717, 1.165) is 44.2 Å². The molecular weight excluding hydrogens is 631 g/mol. The third-order valence-electron chi connectivity index (χ3n) is 9.35. The van der Waals surface area contributed by atoms with Gasteiger partial charge in [-0.3, -0.25) is 0 Å². The Morgan fingerprint density at radius 1 is 0.340 bits per heavy atom. The normalized spacial score (nSPS) is 11.6. The van der Waals surface area contributed by atoms with E-state index in [0.29, 0.717) is 17.5 Å². The van der Waals surface area contributed by atoms with Crippen molar-refractivity contribution >= 4 is 53.4 Å². The molecule has 0 spiro atoms. The molecule has 0 amide bonds. The summed E-state index contributed by atoms with van der Waals surface area (Å²) in [5.74, 6) is 1.87. The Morgan fingerprint density at radius 2 is 0.880 bits per heavy atom. The van der Waals surface area contributed by atoms with Gasteiger partial charge in [-0.15, -0.1) is 11.3 Å². The van der Waals surface area contributed by atoms with Crippen LogP contribution in [0.3, 0.4) is 0 Å². The molecule has 0 atom stereocenters. The van der Waals surface area contributed by atoms with E-state index in [4.69, 9.17) is 19.4 Å². The number of hydrogen-bond donors (Lipinski definition) is 0. The standard InChI is InChI=1S/C45H27N3OS/c1-3-11-28(12-4-1)43-46-44(29-13-5-2-6-14-29)48-45(47-43)32-19-22-35-37-25-30(20-23-39(37)49-40(35)27-32)33-15-7-8-16-34(33)31-21-24-42-38(26-31)36-17-9-10-18-41(36)50-42/h1-27H. The Labute approximate surface area is 292 Å². The summed E-state index contributed by atoms with van der Waals surface area (Å²) in [4.78, 5) is 14.7. The van der Waals surface area contributed by atoms with E-state index in [1.807, 2.05) is 78.1 Å². The van der Waals surface area contributed by atoms with Crippen LogP contribution in [0, 0.1) is 0 Å². The van der Waals surface area contributed by atoms with E-state index in [2.05, 4.69) is 97.1 Å². The number of fused-ring (bicyclic) bond motifs is 6. The third-order valence-corrected chi connectivity index (χ3v) is 10.5. The van der Waals surface area contributed by atoms with Crippen molar-refractivity contribution in [3.8, 4) is 56.4 Å². The lowest BCUT2D eigenvalue weighted by atomic mass is 9.93. The third kappa shape index (κ3) is 4.87. The molecule has 0 N–H and O–H groups in total. The molecule has 10 aromatic rings. The van der Waals surface area contributed by atoms with E-state index >= 15 is 0 Å². The van der Waals surface area contributed by atoms with Crippen LogP contribution in [0.15, 0.2) is 168 Å². The molecule has 234 valence electrons. The van der Waals surface area contributed by atoms with Gasteiger partial charge in [0.2, 0.25) is 0 Å². The lowest BCUT2D eigenvalue weighted by molar-refractivity contribution is 0.669. The van der Waals surface area contributed by atoms with Crippen LogP contribution in [0.2, 0.25) is 0 Å². The van der Waals surface area contributed by atoms with E-state index in [-0.39, 0.29) is 0 Å². The zero-order chi connectivity index (χ0) is 33.0. The molecule has 0 bridgehead atoms. The van der Waals surface area contributed by atoms with Gasteiger partial charge in [-0.05, 0) is 64.7 Å². The molecule has 0 radical (unpaired) electrons. The van der Waals surface area contributed by atoms with E-state index in [1.54, 1.807) is 0 Å². The number of aromatic nitrogens is 3. The van der Waals surface area contributed by atoms with Crippen molar-refractivity contribution in [2.45, 2.75) is 0 Å². The molecule has 7 aromatic carbocycles. The summed E-state index contributed by atoms with van der Waals surface area (Å²) in [5, 5.41) is 4.73. The van der Waals surface area contributed by atoms with Gasteiger partial charge < -0.3 is 4.42 Å². The highest BCUT2D eigenvalue weighted by molar-refractivity contribution is 7.25. The van der Waals surface area contributed by atoms with Gasteiger partial charge in [0.25, 0.3) is 0 Å². The molecule has 10 rings (SSSR count). The zero-order valence-corrected chi connectivity index (χ0v) is 27.6. The van der Waals surface area contributed by atoms with Crippen molar-refractivity contribution in [2.75, 3.05) is 0 Å². The number of furan rings is 1. The van der Waals surface area contributed by atoms with Gasteiger partial charge >= 0.3 is 0 Å². The van der Waals surface area contributed by atoms with Crippen LogP contribution in [0.5, 0.6) is 0 Å². The van der Waals surface area contributed by atoms with Crippen molar-refractivity contribution in [3.05, 3.63) is 164 Å². The number of hydrogen-bond acceptors (Lipinski definition) is 5. The maximum absolute atomic E-state index is 6.46. The van der Waals surface area contributed by atoms with Crippen LogP contribution in [-0.4, -0.2) is 15.0 Å². The second kappa shape index (κ2) is 11.6. The fourth-order valence-electron chi connectivity index (χ4n) is 6.90. The number of benzene rings is 7. The highest BCUT2D eigenvalue weighted by Gasteiger charge is 2.16. The van der Waals surface area contributed by atoms with E-state index in [1.165, 1.54) is 36.9 Å². The molecule has 0 saturated heterocycles. The predicted molar refractivity (Wildman–Crippen MR) is 207 cm³/mol. The van der Waals surface area contributed by atoms with Crippen molar-refractivity contribution < 1.29 is 4.42 Å². The Morgan fingerprint density at radius 3 is 1.58 bits per heavy atom. The minimum Gasteiger partial charge on any atom is -0.456 e. The largest absolute Gasteiger partial charge is 0.456 e. The molecule has 0 unspecified atom stereocenters. The molecule has 0 fully saturated rings. The van der Waals surface area contributed by atoms with Crippen molar-refractivity contribution in [1.82, 2.24) is 15.0 Å². The molecule has 3 heterocycles. The summed E-state index contributed by atoms with van der Waals surface area (Å²) in [6.45, 7) is 0. The molecule has 0 aliphatic heterocycles. The Hall–Kier alpha value is -6.43. The molecule has 0 aliphatic rings. The zero-order valence-electron chi connectivity index (χ0n) is 26.7. The van der Waals surface area contributed by atoms with Crippen LogP contribution in [-0.2, 0) is 0 Å².